The van der Waals surface area contributed by atoms with Gasteiger partial charge in [0, 0.05) is 10.4 Å². The van der Waals surface area contributed by atoms with Gasteiger partial charge in [-0.15, -0.1) is 21.5 Å². The first-order valence-corrected chi connectivity index (χ1v) is 11.5. The number of tetrazole rings is 1. The Hall–Kier alpha value is -4.05. The number of hydrogen-bond acceptors (Lipinski definition) is 8. The van der Waals surface area contributed by atoms with Gasteiger partial charge in [-0.05, 0) is 35.8 Å². The normalized spacial score (nSPS) is 11.1. The molecule has 0 saturated carbocycles. The van der Waals surface area contributed by atoms with E-state index in [-0.39, 0.29) is 5.97 Å². The fourth-order valence-electron chi connectivity index (χ4n) is 3.95. The zero-order valence-electron chi connectivity index (χ0n) is 18.9. The number of hydrogen-bond donors (Lipinski definition) is 1. The Morgan fingerprint density at radius 2 is 1.88 bits per heavy atom. The first-order chi connectivity index (χ1) is 16.6. The van der Waals surface area contributed by atoms with E-state index in [0.29, 0.717) is 29.9 Å². The monoisotopic (exact) mass is 474 g/mol. The summed E-state index contributed by atoms with van der Waals surface area (Å²) in [4.78, 5) is 18.6. The van der Waals surface area contributed by atoms with Crippen LogP contribution >= 0.6 is 11.3 Å². The molecular weight excluding hydrogens is 452 g/mol. The number of carbonyl (C=O) groups excluding carboxylic acids is 1. The molecule has 9 nitrogen and oxygen atoms in total. The fraction of sp³-hybridized carbons (Fsp3) is 0.208. The molecule has 0 aliphatic heterocycles. The minimum atomic E-state index is -0.374. The number of aryl methyl sites for hydroxylation is 1. The maximum absolute atomic E-state index is 12.4. The number of carbonyl (C=O) groups is 1. The number of aromatic amines is 1. The van der Waals surface area contributed by atoms with E-state index in [1.165, 1.54) is 18.4 Å². The van der Waals surface area contributed by atoms with Crippen molar-refractivity contribution in [2.75, 3.05) is 13.7 Å². The van der Waals surface area contributed by atoms with Gasteiger partial charge in [0.15, 0.2) is 0 Å². The third-order valence-electron chi connectivity index (χ3n) is 5.50. The SMILES string of the molecule is CCOc1nc2c(C)sc(C(=O)OC)c2n1Cc1ccc(-c2ccccc2-c2nn[nH]n2)cc1. The zero-order chi connectivity index (χ0) is 23.7. The first-order valence-electron chi connectivity index (χ1n) is 10.7. The van der Waals surface area contributed by atoms with Gasteiger partial charge in [0.05, 0.1) is 25.8 Å². The number of rotatable bonds is 7. The number of H-pyrrole nitrogens is 1. The van der Waals surface area contributed by atoms with Gasteiger partial charge in [0.1, 0.15) is 10.4 Å². The van der Waals surface area contributed by atoms with Crippen LogP contribution in [0.15, 0.2) is 48.5 Å². The van der Waals surface area contributed by atoms with Gasteiger partial charge in [-0.3, -0.25) is 4.57 Å². The summed E-state index contributed by atoms with van der Waals surface area (Å²) in [5, 5.41) is 14.4. The molecule has 0 aliphatic carbocycles. The molecule has 0 radical (unpaired) electrons. The van der Waals surface area contributed by atoms with Crippen LogP contribution in [0, 0.1) is 6.92 Å². The van der Waals surface area contributed by atoms with Crippen molar-refractivity contribution in [2.24, 2.45) is 0 Å². The molecule has 0 unspecified atom stereocenters. The molecule has 0 fully saturated rings. The van der Waals surface area contributed by atoms with Crippen molar-refractivity contribution in [3.8, 4) is 28.5 Å². The van der Waals surface area contributed by atoms with Crippen LogP contribution in [0.5, 0.6) is 6.01 Å². The predicted octanol–water partition coefficient (Wildman–Crippen LogP) is 4.49. The molecule has 0 amide bonds. The van der Waals surface area contributed by atoms with Crippen LogP contribution < -0.4 is 4.74 Å². The molecule has 172 valence electrons. The van der Waals surface area contributed by atoms with Crippen molar-refractivity contribution in [2.45, 2.75) is 20.4 Å². The Morgan fingerprint density at radius 3 is 2.56 bits per heavy atom. The highest BCUT2D eigenvalue weighted by atomic mass is 32.1. The summed E-state index contributed by atoms with van der Waals surface area (Å²) >= 11 is 1.39. The van der Waals surface area contributed by atoms with E-state index in [0.717, 1.165) is 38.2 Å². The zero-order valence-corrected chi connectivity index (χ0v) is 19.7. The standard InChI is InChI=1S/C24H22N6O3S/c1-4-33-24-25-19-14(2)34-21(23(31)32-3)20(19)30(24)13-15-9-11-16(12-10-15)17-7-5-6-8-18(17)22-26-28-29-27-22/h5-12H,4,13H2,1-3H3,(H,26,27,28,29). The average Bonchev–Trinajstić information content (AvgIpc) is 3.59. The third-order valence-corrected chi connectivity index (χ3v) is 6.56. The smallest absolute Gasteiger partial charge is 0.350 e. The second-order valence-electron chi connectivity index (χ2n) is 7.57. The van der Waals surface area contributed by atoms with E-state index >= 15 is 0 Å². The van der Waals surface area contributed by atoms with Crippen molar-refractivity contribution in [1.29, 1.82) is 0 Å². The highest BCUT2D eigenvalue weighted by molar-refractivity contribution is 7.15. The van der Waals surface area contributed by atoms with E-state index in [1.54, 1.807) is 0 Å². The van der Waals surface area contributed by atoms with E-state index in [4.69, 9.17) is 9.47 Å². The number of aromatic nitrogens is 6. The Labute approximate surface area is 199 Å². The number of fused-ring (bicyclic) bond motifs is 1. The van der Waals surface area contributed by atoms with E-state index in [1.807, 2.05) is 42.7 Å². The van der Waals surface area contributed by atoms with Crippen molar-refractivity contribution in [1.82, 2.24) is 30.2 Å². The lowest BCUT2D eigenvalue weighted by molar-refractivity contribution is 0.0608. The number of methoxy groups -OCH3 is 1. The predicted molar refractivity (Wildman–Crippen MR) is 129 cm³/mol. The second-order valence-corrected chi connectivity index (χ2v) is 8.79. The summed E-state index contributed by atoms with van der Waals surface area (Å²) < 4.78 is 12.8. The lowest BCUT2D eigenvalue weighted by atomic mass is 9.98. The van der Waals surface area contributed by atoms with Crippen LogP contribution in [-0.2, 0) is 11.3 Å². The molecule has 2 aromatic carbocycles. The Kier molecular flexibility index (Phi) is 5.81. The van der Waals surface area contributed by atoms with E-state index < -0.39 is 0 Å². The topological polar surface area (TPSA) is 108 Å². The van der Waals surface area contributed by atoms with Gasteiger partial charge in [-0.1, -0.05) is 48.5 Å². The average molecular weight is 475 g/mol. The lowest BCUT2D eigenvalue weighted by Crippen LogP contribution is -2.07. The van der Waals surface area contributed by atoms with Crippen molar-refractivity contribution in [3.05, 3.63) is 63.8 Å². The molecule has 1 N–H and O–H groups in total. The van der Waals surface area contributed by atoms with Crippen LogP contribution in [0.3, 0.4) is 0 Å². The molecule has 10 heteroatoms. The van der Waals surface area contributed by atoms with Crippen LogP contribution in [0.25, 0.3) is 33.5 Å². The number of imidazole rings is 1. The van der Waals surface area contributed by atoms with Gasteiger partial charge >= 0.3 is 5.97 Å². The van der Waals surface area contributed by atoms with Gasteiger partial charge < -0.3 is 9.47 Å². The highest BCUT2D eigenvalue weighted by Gasteiger charge is 2.24. The fourth-order valence-corrected chi connectivity index (χ4v) is 4.97. The van der Waals surface area contributed by atoms with E-state index in [9.17, 15) is 4.79 Å². The highest BCUT2D eigenvalue weighted by Crippen LogP contribution is 2.35. The second kappa shape index (κ2) is 9.06. The van der Waals surface area contributed by atoms with Gasteiger partial charge in [0.25, 0.3) is 6.01 Å². The summed E-state index contributed by atoms with van der Waals surface area (Å²) in [5.41, 5.74) is 5.49. The molecule has 0 aliphatic rings. The molecule has 0 bridgehead atoms. The maximum atomic E-state index is 12.4. The number of ether oxygens (including phenoxy) is 2. The first kappa shape index (κ1) is 21.8. The van der Waals surface area contributed by atoms with Gasteiger partial charge in [-0.25, -0.2) is 4.79 Å². The molecule has 0 saturated heterocycles. The lowest BCUT2D eigenvalue weighted by Gasteiger charge is -2.11. The molecule has 5 aromatic rings. The molecule has 3 heterocycles. The Balaban J connectivity index is 1.52. The summed E-state index contributed by atoms with van der Waals surface area (Å²) in [6.07, 6.45) is 0. The molecule has 0 spiro atoms. The molecule has 34 heavy (non-hydrogen) atoms. The number of esters is 1. The third kappa shape index (κ3) is 3.81. The number of benzene rings is 2. The number of nitrogens with zero attached hydrogens (tertiary/aromatic N) is 5. The molecule has 0 atom stereocenters. The number of nitrogens with one attached hydrogen (secondary N) is 1. The van der Waals surface area contributed by atoms with Gasteiger partial charge in [-0.2, -0.15) is 10.2 Å². The van der Waals surface area contributed by atoms with Crippen LogP contribution in [0.1, 0.15) is 27.0 Å². The minimum absolute atomic E-state index is 0.374. The van der Waals surface area contributed by atoms with E-state index in [2.05, 4.69) is 49.9 Å². The van der Waals surface area contributed by atoms with Crippen molar-refractivity contribution in [3.63, 3.8) is 0 Å². The molecular formula is C24H22N6O3S. The maximum Gasteiger partial charge on any atom is 0.350 e. The quantitative estimate of drug-likeness (QED) is 0.346. The van der Waals surface area contributed by atoms with Gasteiger partial charge in [0.2, 0.25) is 5.82 Å². The number of thiophene rings is 1. The summed E-state index contributed by atoms with van der Waals surface area (Å²) in [6, 6.07) is 16.6. The summed E-state index contributed by atoms with van der Waals surface area (Å²) in [5.74, 6) is 0.172. The molecule has 3 aromatic heterocycles. The van der Waals surface area contributed by atoms with Crippen LogP contribution in [0.2, 0.25) is 0 Å². The van der Waals surface area contributed by atoms with Crippen LogP contribution in [0.4, 0.5) is 0 Å². The summed E-state index contributed by atoms with van der Waals surface area (Å²) in [6.45, 7) is 4.83. The molecule has 5 rings (SSSR count). The van der Waals surface area contributed by atoms with Crippen molar-refractivity contribution < 1.29 is 14.3 Å². The largest absolute Gasteiger partial charge is 0.465 e. The Bertz CT molecular complexity index is 1450. The minimum Gasteiger partial charge on any atom is -0.465 e. The van der Waals surface area contributed by atoms with Crippen LogP contribution in [-0.4, -0.2) is 49.9 Å². The van der Waals surface area contributed by atoms with Crippen molar-refractivity contribution >= 4 is 28.3 Å². The Morgan fingerprint density at radius 1 is 1.12 bits per heavy atom. The summed E-state index contributed by atoms with van der Waals surface area (Å²) in [7, 11) is 1.39.